The molecule has 0 aliphatic carbocycles. The van der Waals surface area contributed by atoms with Crippen molar-refractivity contribution in [1.29, 1.82) is 0 Å². The molecule has 2 atom stereocenters. The van der Waals surface area contributed by atoms with Crippen molar-refractivity contribution in [3.8, 4) is 0 Å². The van der Waals surface area contributed by atoms with Crippen LogP contribution in [0.3, 0.4) is 0 Å². The summed E-state index contributed by atoms with van der Waals surface area (Å²) in [6.45, 7) is 13.1. The van der Waals surface area contributed by atoms with Crippen molar-refractivity contribution in [2.24, 2.45) is 11.3 Å². The Morgan fingerprint density at radius 3 is 2.22 bits per heavy atom. The Balaban J connectivity index is 1.77. The number of benzene rings is 2. The topological polar surface area (TPSA) is 86.7 Å². The fourth-order valence-electron chi connectivity index (χ4n) is 5.18. The molecule has 1 saturated heterocycles. The smallest absolute Gasteiger partial charge is 0.335 e. The number of amides is 2. The van der Waals surface area contributed by atoms with Crippen LogP contribution in [-0.4, -0.2) is 46.9 Å². The average Bonchev–Trinajstić information content (AvgIpc) is 2.81. The molecule has 2 aromatic rings. The summed E-state index contributed by atoms with van der Waals surface area (Å²) in [5.41, 5.74) is 2.06. The number of rotatable bonds is 7. The van der Waals surface area contributed by atoms with Gasteiger partial charge >= 0.3 is 5.97 Å². The van der Waals surface area contributed by atoms with E-state index in [9.17, 15) is 19.5 Å². The molecule has 1 fully saturated rings. The van der Waals surface area contributed by atoms with Crippen LogP contribution in [-0.2, 0) is 4.79 Å². The molecule has 1 aliphatic rings. The molecule has 0 radical (unpaired) electrons. The van der Waals surface area contributed by atoms with Crippen molar-refractivity contribution in [3.05, 3.63) is 69.7 Å². The van der Waals surface area contributed by atoms with Gasteiger partial charge in [0.1, 0.15) is 6.04 Å². The molecule has 0 spiro atoms. The molecule has 2 N–H and O–H groups in total. The Kier molecular flexibility index (Phi) is 8.50. The molecule has 0 saturated carbocycles. The van der Waals surface area contributed by atoms with Crippen LogP contribution in [0.4, 0.5) is 0 Å². The quantitative estimate of drug-likeness (QED) is 0.479. The maximum Gasteiger partial charge on any atom is 0.335 e. The van der Waals surface area contributed by atoms with E-state index in [2.05, 4.69) is 31.3 Å². The van der Waals surface area contributed by atoms with Crippen LogP contribution in [0, 0.1) is 11.3 Å². The summed E-state index contributed by atoms with van der Waals surface area (Å²) < 4.78 is 0. The Morgan fingerprint density at radius 2 is 1.69 bits per heavy atom. The van der Waals surface area contributed by atoms with Gasteiger partial charge in [-0.2, -0.15) is 0 Å². The van der Waals surface area contributed by atoms with E-state index < -0.39 is 17.9 Å². The summed E-state index contributed by atoms with van der Waals surface area (Å²) in [5.74, 6) is -1.46. The molecule has 0 bridgehead atoms. The maximum absolute atomic E-state index is 13.6. The molecule has 36 heavy (non-hydrogen) atoms. The first-order valence-corrected chi connectivity index (χ1v) is 12.9. The molecule has 6 nitrogen and oxygen atoms in total. The lowest BCUT2D eigenvalue weighted by molar-refractivity contribution is -0.137. The normalized spacial score (nSPS) is 18.2. The fraction of sp³-hybridized carbons (Fsp3) is 0.483. The van der Waals surface area contributed by atoms with Gasteiger partial charge in [0.2, 0.25) is 5.91 Å². The van der Waals surface area contributed by atoms with E-state index in [1.165, 1.54) is 11.6 Å². The van der Waals surface area contributed by atoms with Crippen LogP contribution < -0.4 is 5.32 Å². The van der Waals surface area contributed by atoms with Gasteiger partial charge in [0, 0.05) is 23.7 Å². The van der Waals surface area contributed by atoms with Gasteiger partial charge in [-0.15, -0.1) is 0 Å². The monoisotopic (exact) mass is 512 g/mol. The molecule has 1 aliphatic heterocycles. The zero-order valence-corrected chi connectivity index (χ0v) is 22.7. The van der Waals surface area contributed by atoms with E-state index >= 15 is 0 Å². The summed E-state index contributed by atoms with van der Waals surface area (Å²) in [6.07, 6.45) is 0.817. The van der Waals surface area contributed by atoms with Gasteiger partial charge in [-0.1, -0.05) is 71.3 Å². The van der Waals surface area contributed by atoms with E-state index in [-0.39, 0.29) is 34.3 Å². The third-order valence-corrected chi connectivity index (χ3v) is 7.45. The van der Waals surface area contributed by atoms with Crippen molar-refractivity contribution >= 4 is 29.4 Å². The Bertz CT molecular complexity index is 1120. The third kappa shape index (κ3) is 6.09. The number of likely N-dealkylation sites (tertiary alicyclic amines) is 1. The zero-order chi connectivity index (χ0) is 26.8. The molecule has 1 heterocycles. The Hall–Kier alpha value is -2.86. The predicted molar refractivity (Wildman–Crippen MR) is 143 cm³/mol. The number of carbonyl (C=O) groups excluding carboxylic acids is 2. The number of carboxylic acids is 1. The number of aromatic carboxylic acids is 1. The first-order chi connectivity index (χ1) is 16.8. The van der Waals surface area contributed by atoms with Crippen LogP contribution in [0.25, 0.3) is 0 Å². The molecule has 0 aromatic heterocycles. The fourth-order valence-corrected chi connectivity index (χ4v) is 5.30. The second-order valence-electron chi connectivity index (χ2n) is 11.1. The molecule has 194 valence electrons. The number of hydrogen-bond donors (Lipinski definition) is 2. The molecular formula is C29H37ClN2O4. The minimum Gasteiger partial charge on any atom is -0.478 e. The minimum absolute atomic E-state index is 0.0114. The van der Waals surface area contributed by atoms with Crippen molar-refractivity contribution in [2.75, 3.05) is 13.1 Å². The van der Waals surface area contributed by atoms with Crippen LogP contribution in [0.15, 0.2) is 42.5 Å². The van der Waals surface area contributed by atoms with Crippen LogP contribution >= 0.6 is 11.6 Å². The summed E-state index contributed by atoms with van der Waals surface area (Å²) in [7, 11) is 0. The summed E-state index contributed by atoms with van der Waals surface area (Å²) >= 11 is 6.07. The Labute approximate surface area is 219 Å². The number of nitrogens with zero attached hydrogens (tertiary/aromatic N) is 1. The van der Waals surface area contributed by atoms with Crippen molar-refractivity contribution in [2.45, 2.75) is 65.8 Å². The highest BCUT2D eigenvalue weighted by atomic mass is 35.5. The van der Waals surface area contributed by atoms with Crippen molar-refractivity contribution < 1.29 is 19.5 Å². The molecular weight excluding hydrogens is 476 g/mol. The highest BCUT2D eigenvalue weighted by molar-refractivity contribution is 6.30. The Morgan fingerprint density at radius 1 is 1.06 bits per heavy atom. The van der Waals surface area contributed by atoms with Gasteiger partial charge < -0.3 is 15.3 Å². The summed E-state index contributed by atoms with van der Waals surface area (Å²) in [5, 5.41) is 13.2. The van der Waals surface area contributed by atoms with Crippen molar-refractivity contribution in [3.63, 3.8) is 0 Å². The average molecular weight is 513 g/mol. The van der Waals surface area contributed by atoms with E-state index in [4.69, 9.17) is 11.6 Å². The number of halogens is 1. The molecule has 7 heteroatoms. The first-order valence-electron chi connectivity index (χ1n) is 12.5. The number of carbonyl (C=O) groups is 3. The highest BCUT2D eigenvalue weighted by Gasteiger charge is 2.40. The van der Waals surface area contributed by atoms with Crippen LogP contribution in [0.2, 0.25) is 5.02 Å². The SMILES string of the molecule is CC(C)c1ccc(C(=O)NC(C(=O)N2CCC(c3ccc(Cl)cc3)C(C)(C)C2)C(C)C)cc1C(=O)O. The molecule has 2 aromatic carbocycles. The van der Waals surface area contributed by atoms with Crippen molar-refractivity contribution in [1.82, 2.24) is 10.2 Å². The van der Waals surface area contributed by atoms with E-state index in [0.717, 1.165) is 6.42 Å². The largest absolute Gasteiger partial charge is 0.478 e. The molecule has 3 rings (SSSR count). The lowest BCUT2D eigenvalue weighted by Gasteiger charge is -2.45. The second-order valence-corrected chi connectivity index (χ2v) is 11.5. The first kappa shape index (κ1) is 27.7. The number of hydrogen-bond acceptors (Lipinski definition) is 3. The van der Waals surface area contributed by atoms with Gasteiger partial charge in [-0.3, -0.25) is 9.59 Å². The van der Waals surface area contributed by atoms with Gasteiger partial charge in [-0.25, -0.2) is 4.79 Å². The van der Waals surface area contributed by atoms with E-state index in [1.54, 1.807) is 12.1 Å². The van der Waals surface area contributed by atoms with E-state index in [0.29, 0.717) is 29.6 Å². The molecule has 2 amide bonds. The maximum atomic E-state index is 13.6. The van der Waals surface area contributed by atoms with Crippen LogP contribution in [0.5, 0.6) is 0 Å². The minimum atomic E-state index is -1.07. The second kappa shape index (κ2) is 11.0. The van der Waals surface area contributed by atoms with E-state index in [1.807, 2.05) is 44.7 Å². The molecule has 2 unspecified atom stereocenters. The highest BCUT2D eigenvalue weighted by Crippen LogP contribution is 2.42. The predicted octanol–water partition coefficient (Wildman–Crippen LogP) is 5.96. The third-order valence-electron chi connectivity index (χ3n) is 7.20. The van der Waals surface area contributed by atoms with Gasteiger partial charge in [0.25, 0.3) is 5.91 Å². The van der Waals surface area contributed by atoms with Gasteiger partial charge in [0.15, 0.2) is 0 Å². The number of carboxylic acid groups (broad SMARTS) is 1. The standard InChI is InChI=1S/C29H37ClN2O4/c1-17(2)22-12-9-20(15-23(22)28(35)36)26(33)31-25(18(3)4)27(34)32-14-13-24(29(5,6)16-32)19-7-10-21(30)11-8-19/h7-12,15,17-18,24-25H,13-14,16H2,1-6H3,(H,31,33)(H,35,36). The number of piperidine rings is 1. The lowest BCUT2D eigenvalue weighted by Crippen LogP contribution is -2.55. The summed E-state index contributed by atoms with van der Waals surface area (Å²) in [4.78, 5) is 40.3. The number of nitrogens with one attached hydrogen (secondary N) is 1. The van der Waals surface area contributed by atoms with Crippen LogP contribution in [0.1, 0.15) is 91.6 Å². The zero-order valence-electron chi connectivity index (χ0n) is 22.0. The van der Waals surface area contributed by atoms with Gasteiger partial charge in [-0.05, 0) is 65.0 Å². The summed E-state index contributed by atoms with van der Waals surface area (Å²) in [6, 6.07) is 11.9. The van der Waals surface area contributed by atoms with Gasteiger partial charge in [0.05, 0.1) is 5.56 Å². The lowest BCUT2D eigenvalue weighted by atomic mass is 9.70.